The van der Waals surface area contributed by atoms with Gasteiger partial charge in [0.1, 0.15) is 5.92 Å². The summed E-state index contributed by atoms with van der Waals surface area (Å²) >= 11 is 0. The second kappa shape index (κ2) is 7.84. The second-order valence-electron chi connectivity index (χ2n) is 8.02. The van der Waals surface area contributed by atoms with Gasteiger partial charge < -0.3 is 10.2 Å². The van der Waals surface area contributed by atoms with E-state index in [1.807, 2.05) is 71.6 Å². The summed E-state index contributed by atoms with van der Waals surface area (Å²) in [4.78, 5) is 31.6. The molecule has 0 aromatic heterocycles. The molecule has 1 unspecified atom stereocenters. The zero-order chi connectivity index (χ0) is 21.4. The Hall–Kier alpha value is -3.73. The van der Waals surface area contributed by atoms with Crippen molar-refractivity contribution in [3.05, 3.63) is 95.1 Å². The standard InChI is InChI=1S/C26H23N3O2/c1-17(30)29-14-13-18-11-12-21(15-20(18)16-29)27-25(19-7-3-2-4-8-19)24-22-9-5-6-10-23(22)28-26(24)31/h2-12,15,24H,13-14,16H2,1H3,(H,28,31). The minimum absolute atomic E-state index is 0.0653. The van der Waals surface area contributed by atoms with Crippen molar-refractivity contribution in [3.8, 4) is 0 Å². The Labute approximate surface area is 181 Å². The number of anilines is 1. The van der Waals surface area contributed by atoms with Gasteiger partial charge in [0.05, 0.1) is 11.4 Å². The van der Waals surface area contributed by atoms with Crippen molar-refractivity contribution in [1.82, 2.24) is 4.90 Å². The molecule has 3 aromatic rings. The summed E-state index contributed by atoms with van der Waals surface area (Å²) in [6.07, 6.45) is 0.850. The van der Waals surface area contributed by atoms with E-state index in [2.05, 4.69) is 11.4 Å². The molecule has 5 heteroatoms. The molecule has 0 aliphatic carbocycles. The van der Waals surface area contributed by atoms with Crippen LogP contribution in [0.3, 0.4) is 0 Å². The third-order valence-corrected chi connectivity index (χ3v) is 6.03. The highest BCUT2D eigenvalue weighted by Gasteiger charge is 2.35. The molecule has 0 saturated heterocycles. The lowest BCUT2D eigenvalue weighted by atomic mass is 9.90. The third-order valence-electron chi connectivity index (χ3n) is 6.03. The van der Waals surface area contributed by atoms with Crippen LogP contribution in [0.15, 0.2) is 77.8 Å². The van der Waals surface area contributed by atoms with Crippen LogP contribution in [0.2, 0.25) is 0 Å². The number of benzene rings is 3. The molecule has 0 spiro atoms. The molecule has 2 aliphatic rings. The van der Waals surface area contributed by atoms with Crippen LogP contribution in [-0.2, 0) is 22.6 Å². The lowest BCUT2D eigenvalue weighted by Gasteiger charge is -2.28. The van der Waals surface area contributed by atoms with Crippen molar-refractivity contribution in [2.45, 2.75) is 25.8 Å². The molecule has 1 atom stereocenters. The van der Waals surface area contributed by atoms with Gasteiger partial charge >= 0.3 is 0 Å². The molecule has 0 saturated carbocycles. The lowest BCUT2D eigenvalue weighted by molar-refractivity contribution is -0.129. The second-order valence-corrected chi connectivity index (χ2v) is 8.02. The average molecular weight is 409 g/mol. The first-order chi connectivity index (χ1) is 15.1. The van der Waals surface area contributed by atoms with Crippen LogP contribution in [0.4, 0.5) is 11.4 Å². The van der Waals surface area contributed by atoms with Crippen molar-refractivity contribution in [1.29, 1.82) is 0 Å². The van der Waals surface area contributed by atoms with Gasteiger partial charge in [0.2, 0.25) is 11.8 Å². The van der Waals surface area contributed by atoms with E-state index in [9.17, 15) is 9.59 Å². The monoisotopic (exact) mass is 409 g/mol. The molecular weight excluding hydrogens is 386 g/mol. The highest BCUT2D eigenvalue weighted by atomic mass is 16.2. The van der Waals surface area contributed by atoms with E-state index in [0.29, 0.717) is 6.54 Å². The van der Waals surface area contributed by atoms with Crippen LogP contribution < -0.4 is 5.32 Å². The van der Waals surface area contributed by atoms with Gasteiger partial charge in [-0.1, -0.05) is 54.6 Å². The Morgan fingerprint density at radius 2 is 1.77 bits per heavy atom. The fourth-order valence-corrected chi connectivity index (χ4v) is 4.41. The molecule has 31 heavy (non-hydrogen) atoms. The van der Waals surface area contributed by atoms with E-state index in [-0.39, 0.29) is 11.8 Å². The molecule has 5 nitrogen and oxygen atoms in total. The number of hydrogen-bond acceptors (Lipinski definition) is 3. The molecule has 3 aromatic carbocycles. The van der Waals surface area contributed by atoms with Crippen LogP contribution in [0.1, 0.15) is 35.1 Å². The predicted molar refractivity (Wildman–Crippen MR) is 122 cm³/mol. The number of amides is 2. The highest BCUT2D eigenvalue weighted by Crippen LogP contribution is 2.36. The normalized spacial score (nSPS) is 17.7. The van der Waals surface area contributed by atoms with Crippen LogP contribution in [0, 0.1) is 0 Å². The quantitative estimate of drug-likeness (QED) is 0.650. The number of carbonyl (C=O) groups is 2. The van der Waals surface area contributed by atoms with Gasteiger partial charge in [-0.15, -0.1) is 0 Å². The molecule has 154 valence electrons. The summed E-state index contributed by atoms with van der Waals surface area (Å²) in [5.41, 5.74) is 6.58. The number of nitrogens with one attached hydrogen (secondary N) is 1. The molecule has 0 fully saturated rings. The Balaban J connectivity index is 1.60. The molecule has 5 rings (SSSR count). The maximum absolute atomic E-state index is 13.0. The Morgan fingerprint density at radius 1 is 1.00 bits per heavy atom. The fraction of sp³-hybridized carbons (Fsp3) is 0.192. The summed E-state index contributed by atoms with van der Waals surface area (Å²) in [5, 5.41) is 2.99. The van der Waals surface area contributed by atoms with Gasteiger partial charge in [-0.05, 0) is 46.9 Å². The van der Waals surface area contributed by atoms with Crippen molar-refractivity contribution >= 4 is 28.9 Å². The van der Waals surface area contributed by atoms with Gasteiger partial charge in [0.15, 0.2) is 0 Å². The van der Waals surface area contributed by atoms with Crippen LogP contribution in [-0.4, -0.2) is 29.0 Å². The van der Waals surface area contributed by atoms with Crippen LogP contribution >= 0.6 is 0 Å². The molecular formula is C26H23N3O2. The maximum Gasteiger partial charge on any atom is 0.238 e. The molecule has 0 radical (unpaired) electrons. The van der Waals surface area contributed by atoms with Crippen LogP contribution in [0.5, 0.6) is 0 Å². The number of nitrogens with zero attached hydrogens (tertiary/aromatic N) is 2. The fourth-order valence-electron chi connectivity index (χ4n) is 4.41. The van der Waals surface area contributed by atoms with Gasteiger partial charge in [-0.25, -0.2) is 0 Å². The van der Waals surface area contributed by atoms with Crippen molar-refractivity contribution in [2.75, 3.05) is 11.9 Å². The largest absolute Gasteiger partial charge is 0.338 e. The van der Waals surface area contributed by atoms with Gasteiger partial charge in [-0.2, -0.15) is 0 Å². The number of fused-ring (bicyclic) bond motifs is 2. The van der Waals surface area contributed by atoms with E-state index in [4.69, 9.17) is 4.99 Å². The molecule has 2 heterocycles. The zero-order valence-corrected chi connectivity index (χ0v) is 17.3. The number of hydrogen-bond donors (Lipinski definition) is 1. The SMILES string of the molecule is CC(=O)N1CCc2ccc(N=C(c3ccccc3)C3C(=O)Nc4ccccc43)cc2C1. The van der Waals surface area contributed by atoms with Crippen LogP contribution in [0.25, 0.3) is 0 Å². The van der Waals surface area contributed by atoms with Gasteiger partial charge in [0, 0.05) is 25.7 Å². The molecule has 2 aliphatic heterocycles. The zero-order valence-electron chi connectivity index (χ0n) is 17.3. The highest BCUT2D eigenvalue weighted by molar-refractivity contribution is 6.24. The van der Waals surface area contributed by atoms with E-state index in [1.54, 1.807) is 6.92 Å². The summed E-state index contributed by atoms with van der Waals surface area (Å²) in [6.45, 7) is 2.96. The minimum atomic E-state index is -0.469. The summed E-state index contributed by atoms with van der Waals surface area (Å²) in [7, 11) is 0. The first kappa shape index (κ1) is 19.2. The molecule has 2 amide bonds. The Morgan fingerprint density at radius 3 is 2.58 bits per heavy atom. The summed E-state index contributed by atoms with van der Waals surface area (Å²) in [6, 6.07) is 23.8. The van der Waals surface area contributed by atoms with E-state index in [1.165, 1.54) is 5.56 Å². The Bertz CT molecular complexity index is 1200. The van der Waals surface area contributed by atoms with E-state index >= 15 is 0 Å². The minimum Gasteiger partial charge on any atom is -0.338 e. The number of carbonyl (C=O) groups excluding carboxylic acids is 2. The van der Waals surface area contributed by atoms with Gasteiger partial charge in [-0.3, -0.25) is 14.6 Å². The number of rotatable bonds is 3. The smallest absolute Gasteiger partial charge is 0.238 e. The Kier molecular flexibility index (Phi) is 4.86. The average Bonchev–Trinajstić information content (AvgIpc) is 3.13. The lowest BCUT2D eigenvalue weighted by Crippen LogP contribution is -2.34. The summed E-state index contributed by atoms with van der Waals surface area (Å²) in [5.74, 6) is -0.448. The number of para-hydroxylation sites is 1. The van der Waals surface area contributed by atoms with Crippen molar-refractivity contribution < 1.29 is 9.59 Å². The van der Waals surface area contributed by atoms with Crippen molar-refractivity contribution in [2.24, 2.45) is 4.99 Å². The molecule has 0 bridgehead atoms. The van der Waals surface area contributed by atoms with E-state index in [0.717, 1.165) is 46.7 Å². The first-order valence-electron chi connectivity index (χ1n) is 10.5. The third kappa shape index (κ3) is 3.63. The van der Waals surface area contributed by atoms with Crippen molar-refractivity contribution in [3.63, 3.8) is 0 Å². The molecule has 1 N–H and O–H groups in total. The summed E-state index contributed by atoms with van der Waals surface area (Å²) < 4.78 is 0. The van der Waals surface area contributed by atoms with E-state index < -0.39 is 5.92 Å². The predicted octanol–water partition coefficient (Wildman–Crippen LogP) is 4.45. The topological polar surface area (TPSA) is 61.8 Å². The van der Waals surface area contributed by atoms with Gasteiger partial charge in [0.25, 0.3) is 0 Å². The number of aliphatic imine (C=N–C) groups is 1. The maximum atomic E-state index is 13.0. The first-order valence-corrected chi connectivity index (χ1v) is 10.5.